The molecule has 9 heteroatoms. The van der Waals surface area contributed by atoms with Gasteiger partial charge in [-0.15, -0.1) is 0 Å². The molecule has 1 saturated heterocycles. The number of piperidine rings is 1. The number of rotatable bonds is 4. The summed E-state index contributed by atoms with van der Waals surface area (Å²) < 4.78 is 6.82. The number of fused-ring (bicyclic) bond motifs is 1. The van der Waals surface area contributed by atoms with Gasteiger partial charge in [-0.1, -0.05) is 12.0 Å². The van der Waals surface area contributed by atoms with Crippen LogP contribution in [0.3, 0.4) is 0 Å². The van der Waals surface area contributed by atoms with E-state index in [0.29, 0.717) is 31.2 Å². The lowest BCUT2D eigenvalue weighted by molar-refractivity contribution is 0.179. The zero-order chi connectivity index (χ0) is 24.9. The molecule has 0 unspecified atom stereocenters. The molecule has 0 radical (unpaired) electrons. The number of nitrogens with zero attached hydrogens (tertiary/aromatic N) is 6. The van der Waals surface area contributed by atoms with Gasteiger partial charge in [-0.3, -0.25) is 9.67 Å². The van der Waals surface area contributed by atoms with E-state index in [4.69, 9.17) is 9.72 Å². The Morgan fingerprint density at radius 1 is 1.19 bits per heavy atom. The van der Waals surface area contributed by atoms with Crippen molar-refractivity contribution in [1.29, 1.82) is 0 Å². The minimum Gasteiger partial charge on any atom is -0.481 e. The molecule has 9 nitrogen and oxygen atoms in total. The summed E-state index contributed by atoms with van der Waals surface area (Å²) in [7, 11) is 3.46. The number of methoxy groups -OCH3 is 1. The Morgan fingerprint density at radius 3 is 2.78 bits per heavy atom. The molecule has 4 aromatic heterocycles. The lowest BCUT2D eigenvalue weighted by Gasteiger charge is -2.29. The predicted octanol–water partition coefficient (Wildman–Crippen LogP) is 3.41. The Kier molecular flexibility index (Phi) is 6.76. The topological polar surface area (TPSA) is 98.1 Å². The van der Waals surface area contributed by atoms with Gasteiger partial charge in [-0.25, -0.2) is 14.8 Å². The van der Waals surface area contributed by atoms with E-state index in [-0.39, 0.29) is 11.9 Å². The maximum atomic E-state index is 12.6. The van der Waals surface area contributed by atoms with Crippen molar-refractivity contribution in [3.8, 4) is 29.0 Å². The standard InChI is InChI=1S/C27H27N7O2/c1-33-18-21(17-31-33)24-14-25-22(4-3-11-28-25)23(32-24)7-5-19-9-12-34(13-10-19)27(35)30-16-20-6-8-26(36-2)29-15-20/h3-4,6,8,11,14-15,17-19H,9-10,12-13,16H2,1-2H3,(H,30,35). The van der Waals surface area contributed by atoms with Crippen molar-refractivity contribution in [2.45, 2.75) is 19.4 Å². The van der Waals surface area contributed by atoms with Crippen LogP contribution in [0, 0.1) is 17.8 Å². The number of pyridine rings is 3. The first-order chi connectivity index (χ1) is 17.6. The Labute approximate surface area is 209 Å². The van der Waals surface area contributed by atoms with E-state index < -0.39 is 0 Å². The second-order valence-electron chi connectivity index (χ2n) is 8.73. The first kappa shape index (κ1) is 23.3. The molecule has 0 spiro atoms. The summed E-state index contributed by atoms with van der Waals surface area (Å²) in [4.78, 5) is 28.0. The molecule has 182 valence electrons. The molecule has 1 aliphatic heterocycles. The van der Waals surface area contributed by atoms with E-state index in [9.17, 15) is 4.79 Å². The number of aryl methyl sites for hydroxylation is 1. The van der Waals surface area contributed by atoms with E-state index in [1.54, 1.807) is 36.4 Å². The van der Waals surface area contributed by atoms with Gasteiger partial charge in [0.05, 0.1) is 24.5 Å². The number of nitrogens with one attached hydrogen (secondary N) is 1. The summed E-state index contributed by atoms with van der Waals surface area (Å²) in [6, 6.07) is 9.48. The third-order valence-corrected chi connectivity index (χ3v) is 6.23. The molecule has 0 aromatic carbocycles. The highest BCUT2D eigenvalue weighted by Crippen LogP contribution is 2.23. The van der Waals surface area contributed by atoms with E-state index in [0.717, 1.165) is 40.6 Å². The summed E-state index contributed by atoms with van der Waals surface area (Å²) in [6.45, 7) is 1.75. The molecule has 36 heavy (non-hydrogen) atoms. The molecule has 1 aliphatic rings. The number of carbonyl (C=O) groups is 1. The van der Waals surface area contributed by atoms with Gasteiger partial charge in [-0.2, -0.15) is 5.10 Å². The van der Waals surface area contributed by atoms with E-state index in [2.05, 4.69) is 32.2 Å². The SMILES string of the molecule is COc1ccc(CNC(=O)N2CCC(C#Cc3nc(-c4cnn(C)c4)cc4ncccc34)CC2)cn1. The molecule has 0 atom stereocenters. The Bertz CT molecular complexity index is 1430. The summed E-state index contributed by atoms with van der Waals surface area (Å²) in [6.07, 6.45) is 8.85. The van der Waals surface area contributed by atoms with Crippen LogP contribution in [0.2, 0.25) is 0 Å². The molecule has 4 aromatic rings. The maximum Gasteiger partial charge on any atom is 0.317 e. The third kappa shape index (κ3) is 5.28. The molecular formula is C27H27N7O2. The zero-order valence-electron chi connectivity index (χ0n) is 20.3. The van der Waals surface area contributed by atoms with Gasteiger partial charge in [0.1, 0.15) is 5.69 Å². The number of amides is 2. The van der Waals surface area contributed by atoms with Crippen molar-refractivity contribution >= 4 is 16.9 Å². The number of hydrogen-bond acceptors (Lipinski definition) is 6. The Hall–Kier alpha value is -4.45. The van der Waals surface area contributed by atoms with Gasteiger partial charge >= 0.3 is 6.03 Å². The number of urea groups is 1. The molecule has 0 bridgehead atoms. The van der Waals surface area contributed by atoms with Crippen LogP contribution in [0.25, 0.3) is 22.2 Å². The molecule has 0 aliphatic carbocycles. The van der Waals surface area contributed by atoms with Crippen LogP contribution >= 0.6 is 0 Å². The van der Waals surface area contributed by atoms with Gasteiger partial charge in [-0.05, 0) is 42.5 Å². The number of carbonyl (C=O) groups excluding carboxylic acids is 1. The molecular weight excluding hydrogens is 454 g/mol. The molecule has 5 heterocycles. The van der Waals surface area contributed by atoms with Crippen LogP contribution in [-0.2, 0) is 13.6 Å². The fourth-order valence-corrected chi connectivity index (χ4v) is 4.19. The average molecular weight is 482 g/mol. The summed E-state index contributed by atoms with van der Waals surface area (Å²) in [5.41, 5.74) is 4.23. The smallest absolute Gasteiger partial charge is 0.317 e. The largest absolute Gasteiger partial charge is 0.481 e. The lowest BCUT2D eigenvalue weighted by atomic mass is 9.97. The van der Waals surface area contributed by atoms with Gasteiger partial charge in [0.2, 0.25) is 5.88 Å². The first-order valence-corrected chi connectivity index (χ1v) is 11.9. The van der Waals surface area contributed by atoms with E-state index >= 15 is 0 Å². The average Bonchev–Trinajstić information content (AvgIpc) is 3.37. The summed E-state index contributed by atoms with van der Waals surface area (Å²) in [5, 5.41) is 8.16. The van der Waals surface area contributed by atoms with E-state index in [1.165, 1.54) is 0 Å². The molecule has 1 N–H and O–H groups in total. The number of ether oxygens (including phenoxy) is 1. The van der Waals surface area contributed by atoms with Crippen LogP contribution < -0.4 is 10.1 Å². The second kappa shape index (κ2) is 10.4. The molecule has 0 saturated carbocycles. The monoisotopic (exact) mass is 481 g/mol. The van der Waals surface area contributed by atoms with Crippen LogP contribution in [0.4, 0.5) is 4.79 Å². The first-order valence-electron chi connectivity index (χ1n) is 11.9. The minimum atomic E-state index is -0.0693. The number of likely N-dealkylation sites (tertiary alicyclic amines) is 1. The highest BCUT2D eigenvalue weighted by Gasteiger charge is 2.21. The third-order valence-electron chi connectivity index (χ3n) is 6.23. The van der Waals surface area contributed by atoms with Crippen molar-refractivity contribution in [2.75, 3.05) is 20.2 Å². The van der Waals surface area contributed by atoms with Gasteiger partial charge in [0.25, 0.3) is 0 Å². The van der Waals surface area contributed by atoms with E-state index in [1.807, 2.05) is 42.4 Å². The fraction of sp³-hybridized carbons (Fsp3) is 0.296. The lowest BCUT2D eigenvalue weighted by Crippen LogP contribution is -2.44. The Morgan fingerprint density at radius 2 is 2.06 bits per heavy atom. The van der Waals surface area contributed by atoms with Crippen LogP contribution in [0.5, 0.6) is 5.88 Å². The number of aromatic nitrogens is 5. The van der Waals surface area contributed by atoms with Gasteiger partial charge < -0.3 is 15.0 Å². The van der Waals surface area contributed by atoms with Crippen molar-refractivity contribution in [1.82, 2.24) is 34.9 Å². The fourth-order valence-electron chi connectivity index (χ4n) is 4.19. The normalized spacial score (nSPS) is 13.8. The second-order valence-corrected chi connectivity index (χ2v) is 8.73. The molecule has 1 fully saturated rings. The van der Waals surface area contributed by atoms with Crippen LogP contribution in [0.15, 0.2) is 55.1 Å². The summed E-state index contributed by atoms with van der Waals surface area (Å²) in [5.74, 6) is 7.47. The highest BCUT2D eigenvalue weighted by molar-refractivity contribution is 5.86. The van der Waals surface area contributed by atoms with Crippen molar-refractivity contribution in [3.63, 3.8) is 0 Å². The summed E-state index contributed by atoms with van der Waals surface area (Å²) >= 11 is 0. The van der Waals surface area contributed by atoms with Crippen molar-refractivity contribution < 1.29 is 9.53 Å². The predicted molar refractivity (Wildman–Crippen MR) is 136 cm³/mol. The Balaban J connectivity index is 1.23. The van der Waals surface area contributed by atoms with Crippen LogP contribution in [-0.4, -0.2) is 55.9 Å². The maximum absolute atomic E-state index is 12.6. The number of hydrogen-bond donors (Lipinski definition) is 1. The quantitative estimate of drug-likeness (QED) is 0.449. The van der Waals surface area contributed by atoms with Gasteiger partial charge in [0.15, 0.2) is 0 Å². The van der Waals surface area contributed by atoms with Crippen molar-refractivity contribution in [3.05, 3.63) is 66.4 Å². The highest BCUT2D eigenvalue weighted by atomic mass is 16.5. The van der Waals surface area contributed by atoms with Crippen molar-refractivity contribution in [2.24, 2.45) is 13.0 Å². The van der Waals surface area contributed by atoms with Gasteiger partial charge in [0, 0.05) is 68.2 Å². The van der Waals surface area contributed by atoms with Crippen LogP contribution in [0.1, 0.15) is 24.1 Å². The zero-order valence-corrected chi connectivity index (χ0v) is 20.3. The molecule has 5 rings (SSSR count). The molecule has 2 amide bonds. The minimum absolute atomic E-state index is 0.0693.